The highest BCUT2D eigenvalue weighted by molar-refractivity contribution is 5.41. The second-order valence-electron chi connectivity index (χ2n) is 3.97. The molecular formula is C14H16N2. The molecule has 2 heteroatoms. The number of nitrogen functional groups attached to an aromatic ring is 1. The van der Waals surface area contributed by atoms with Gasteiger partial charge in [0, 0.05) is 11.7 Å². The van der Waals surface area contributed by atoms with E-state index in [2.05, 4.69) is 18.2 Å². The molecule has 2 nitrogen and oxygen atoms in total. The lowest BCUT2D eigenvalue weighted by molar-refractivity contribution is 0.722. The Morgan fingerprint density at radius 1 is 0.938 bits per heavy atom. The molecule has 0 saturated heterocycles. The molecule has 0 saturated carbocycles. The molecule has 0 heterocycles. The van der Waals surface area contributed by atoms with Gasteiger partial charge in [0.15, 0.2) is 0 Å². The summed E-state index contributed by atoms with van der Waals surface area (Å²) in [6, 6.07) is 18.0. The fourth-order valence-electron chi connectivity index (χ4n) is 1.79. The number of benzene rings is 2. The maximum Gasteiger partial charge on any atom is 0.0335 e. The quantitative estimate of drug-likeness (QED) is 0.768. The summed E-state index contributed by atoms with van der Waals surface area (Å²) in [5.41, 5.74) is 15.0. The highest BCUT2D eigenvalue weighted by Gasteiger charge is 2.06. The SMILES string of the molecule is Nc1cccc(C[C@@H](N)c2ccccc2)c1. The smallest absolute Gasteiger partial charge is 0.0335 e. The van der Waals surface area contributed by atoms with Crippen LogP contribution in [-0.4, -0.2) is 0 Å². The third-order valence-electron chi connectivity index (χ3n) is 2.63. The van der Waals surface area contributed by atoms with Crippen molar-refractivity contribution in [3.63, 3.8) is 0 Å². The minimum atomic E-state index is 0.0306. The summed E-state index contributed by atoms with van der Waals surface area (Å²) in [5.74, 6) is 0. The first-order valence-corrected chi connectivity index (χ1v) is 5.40. The van der Waals surface area contributed by atoms with Crippen molar-refractivity contribution in [2.75, 3.05) is 5.73 Å². The average molecular weight is 212 g/mol. The molecule has 0 spiro atoms. The molecule has 2 aromatic rings. The fourth-order valence-corrected chi connectivity index (χ4v) is 1.79. The van der Waals surface area contributed by atoms with Crippen LogP contribution in [0.1, 0.15) is 17.2 Å². The molecule has 1 atom stereocenters. The van der Waals surface area contributed by atoms with E-state index in [1.807, 2.05) is 36.4 Å². The third-order valence-corrected chi connectivity index (χ3v) is 2.63. The van der Waals surface area contributed by atoms with Gasteiger partial charge in [0.1, 0.15) is 0 Å². The molecule has 2 rings (SSSR count). The zero-order chi connectivity index (χ0) is 11.4. The normalized spacial score (nSPS) is 12.3. The molecule has 0 radical (unpaired) electrons. The van der Waals surface area contributed by atoms with E-state index in [1.165, 1.54) is 5.56 Å². The van der Waals surface area contributed by atoms with Gasteiger partial charge in [0.05, 0.1) is 0 Å². The summed E-state index contributed by atoms with van der Waals surface area (Å²) < 4.78 is 0. The molecule has 0 aromatic heterocycles. The first-order chi connectivity index (χ1) is 7.75. The molecule has 0 aliphatic rings. The molecule has 0 bridgehead atoms. The Bertz CT molecular complexity index is 451. The Morgan fingerprint density at radius 3 is 2.38 bits per heavy atom. The second-order valence-corrected chi connectivity index (χ2v) is 3.97. The van der Waals surface area contributed by atoms with Crippen molar-refractivity contribution in [2.24, 2.45) is 5.73 Å². The van der Waals surface area contributed by atoms with E-state index in [0.717, 1.165) is 17.7 Å². The molecule has 0 aliphatic heterocycles. The van der Waals surface area contributed by atoms with Crippen molar-refractivity contribution in [3.8, 4) is 0 Å². The summed E-state index contributed by atoms with van der Waals surface area (Å²) >= 11 is 0. The van der Waals surface area contributed by atoms with Crippen molar-refractivity contribution in [3.05, 3.63) is 65.7 Å². The second kappa shape index (κ2) is 4.81. The van der Waals surface area contributed by atoms with Gasteiger partial charge in [-0.15, -0.1) is 0 Å². The van der Waals surface area contributed by atoms with Crippen LogP contribution in [0.5, 0.6) is 0 Å². The predicted molar refractivity (Wildman–Crippen MR) is 67.9 cm³/mol. The van der Waals surface area contributed by atoms with Gasteiger partial charge in [-0.05, 0) is 29.7 Å². The summed E-state index contributed by atoms with van der Waals surface area (Å²) in [4.78, 5) is 0. The monoisotopic (exact) mass is 212 g/mol. The van der Waals surface area contributed by atoms with Crippen molar-refractivity contribution >= 4 is 5.69 Å². The van der Waals surface area contributed by atoms with E-state index in [4.69, 9.17) is 11.5 Å². The van der Waals surface area contributed by atoms with Gasteiger partial charge >= 0.3 is 0 Å². The number of nitrogens with two attached hydrogens (primary N) is 2. The van der Waals surface area contributed by atoms with E-state index >= 15 is 0 Å². The minimum Gasteiger partial charge on any atom is -0.399 e. The topological polar surface area (TPSA) is 52.0 Å². The van der Waals surface area contributed by atoms with Crippen LogP contribution >= 0.6 is 0 Å². The first-order valence-electron chi connectivity index (χ1n) is 5.40. The van der Waals surface area contributed by atoms with Gasteiger partial charge in [0.2, 0.25) is 0 Å². The Labute approximate surface area is 95.9 Å². The van der Waals surface area contributed by atoms with Crippen LogP contribution in [0.15, 0.2) is 54.6 Å². The van der Waals surface area contributed by atoms with Crippen LogP contribution in [0.4, 0.5) is 5.69 Å². The molecule has 82 valence electrons. The number of hydrogen-bond acceptors (Lipinski definition) is 2. The van der Waals surface area contributed by atoms with Gasteiger partial charge in [-0.1, -0.05) is 42.5 Å². The standard InChI is InChI=1S/C14H16N2/c15-13-8-4-5-11(9-13)10-14(16)12-6-2-1-3-7-12/h1-9,14H,10,15-16H2/t14-/m1/s1. The molecule has 0 fully saturated rings. The zero-order valence-electron chi connectivity index (χ0n) is 9.14. The molecular weight excluding hydrogens is 196 g/mol. The largest absolute Gasteiger partial charge is 0.399 e. The van der Waals surface area contributed by atoms with Crippen LogP contribution in [0, 0.1) is 0 Å². The number of anilines is 1. The van der Waals surface area contributed by atoms with Gasteiger partial charge < -0.3 is 11.5 Å². The maximum absolute atomic E-state index is 6.14. The van der Waals surface area contributed by atoms with Crippen LogP contribution in [0.2, 0.25) is 0 Å². The fraction of sp³-hybridized carbons (Fsp3) is 0.143. The van der Waals surface area contributed by atoms with Crippen LogP contribution in [0.25, 0.3) is 0 Å². The summed E-state index contributed by atoms with van der Waals surface area (Å²) in [6.45, 7) is 0. The van der Waals surface area contributed by atoms with Gasteiger partial charge in [0.25, 0.3) is 0 Å². The number of hydrogen-bond donors (Lipinski definition) is 2. The lowest BCUT2D eigenvalue weighted by Crippen LogP contribution is -2.13. The highest BCUT2D eigenvalue weighted by atomic mass is 14.6. The lowest BCUT2D eigenvalue weighted by atomic mass is 9.99. The van der Waals surface area contributed by atoms with E-state index in [0.29, 0.717) is 0 Å². The van der Waals surface area contributed by atoms with Crippen molar-refractivity contribution in [1.82, 2.24) is 0 Å². The van der Waals surface area contributed by atoms with E-state index in [1.54, 1.807) is 0 Å². The van der Waals surface area contributed by atoms with Gasteiger partial charge in [-0.3, -0.25) is 0 Å². The average Bonchev–Trinajstić information content (AvgIpc) is 2.30. The lowest BCUT2D eigenvalue weighted by Gasteiger charge is -2.12. The van der Waals surface area contributed by atoms with Gasteiger partial charge in [-0.2, -0.15) is 0 Å². The minimum absolute atomic E-state index is 0.0306. The molecule has 16 heavy (non-hydrogen) atoms. The Morgan fingerprint density at radius 2 is 1.69 bits per heavy atom. The molecule has 4 N–H and O–H groups in total. The van der Waals surface area contributed by atoms with E-state index in [9.17, 15) is 0 Å². The summed E-state index contributed by atoms with van der Waals surface area (Å²) in [6.07, 6.45) is 0.815. The molecule has 0 aliphatic carbocycles. The Kier molecular flexibility index (Phi) is 3.22. The van der Waals surface area contributed by atoms with Crippen LogP contribution in [-0.2, 0) is 6.42 Å². The molecule has 0 amide bonds. The van der Waals surface area contributed by atoms with Crippen LogP contribution in [0.3, 0.4) is 0 Å². The summed E-state index contributed by atoms with van der Waals surface area (Å²) in [7, 11) is 0. The zero-order valence-corrected chi connectivity index (χ0v) is 9.14. The van der Waals surface area contributed by atoms with Gasteiger partial charge in [-0.25, -0.2) is 0 Å². The van der Waals surface area contributed by atoms with Crippen LogP contribution < -0.4 is 11.5 Å². The summed E-state index contributed by atoms with van der Waals surface area (Å²) in [5, 5.41) is 0. The highest BCUT2D eigenvalue weighted by Crippen LogP contribution is 2.17. The Balaban J connectivity index is 2.11. The van der Waals surface area contributed by atoms with E-state index < -0.39 is 0 Å². The van der Waals surface area contributed by atoms with Crippen molar-refractivity contribution in [1.29, 1.82) is 0 Å². The molecule has 0 unspecified atom stereocenters. The number of rotatable bonds is 3. The third kappa shape index (κ3) is 2.61. The maximum atomic E-state index is 6.14. The van der Waals surface area contributed by atoms with Crippen molar-refractivity contribution in [2.45, 2.75) is 12.5 Å². The predicted octanol–water partition coefficient (Wildman–Crippen LogP) is 2.51. The Hall–Kier alpha value is -1.80. The first kappa shape index (κ1) is 10.7. The molecule has 2 aromatic carbocycles. The van der Waals surface area contributed by atoms with E-state index in [-0.39, 0.29) is 6.04 Å². The van der Waals surface area contributed by atoms with Crippen molar-refractivity contribution < 1.29 is 0 Å².